The smallest absolute Gasteiger partial charge is 0.300 e. The topological polar surface area (TPSA) is 99.9 Å². The van der Waals surface area contributed by atoms with Crippen molar-refractivity contribution < 1.29 is 24.2 Å². The molecule has 0 saturated carbocycles. The highest BCUT2D eigenvalue weighted by Crippen LogP contribution is 2.43. The molecule has 39 heavy (non-hydrogen) atoms. The van der Waals surface area contributed by atoms with Gasteiger partial charge in [-0.1, -0.05) is 32.9 Å². The van der Waals surface area contributed by atoms with Gasteiger partial charge < -0.3 is 14.6 Å². The maximum absolute atomic E-state index is 13.5. The normalized spacial score (nSPS) is 16.4. The van der Waals surface area contributed by atoms with Crippen LogP contribution in [0, 0.1) is 11.3 Å². The number of Topliss-reactive ketones (excluding diaryl/α,β-unsaturated/α-hetero) is 1. The molecular formula is C32H32N2O5. The Balaban J connectivity index is 1.88. The van der Waals surface area contributed by atoms with E-state index in [1.807, 2.05) is 27.7 Å². The van der Waals surface area contributed by atoms with Crippen LogP contribution in [0.25, 0.3) is 5.76 Å². The van der Waals surface area contributed by atoms with Gasteiger partial charge in [0, 0.05) is 11.3 Å². The summed E-state index contributed by atoms with van der Waals surface area (Å²) in [6.07, 6.45) is 0.862. The second kappa shape index (κ2) is 11.9. The molecule has 0 spiro atoms. The van der Waals surface area contributed by atoms with Crippen molar-refractivity contribution in [1.29, 1.82) is 5.26 Å². The van der Waals surface area contributed by atoms with Gasteiger partial charge in [0.25, 0.3) is 11.7 Å². The number of ether oxygens (including phenoxy) is 2. The molecule has 0 aromatic heterocycles. The molecular weight excluding hydrogens is 492 g/mol. The minimum Gasteiger partial charge on any atom is -0.507 e. The van der Waals surface area contributed by atoms with E-state index in [0.29, 0.717) is 47.1 Å². The molecule has 7 nitrogen and oxygen atoms in total. The fourth-order valence-corrected chi connectivity index (χ4v) is 4.67. The maximum atomic E-state index is 13.5. The number of aliphatic hydroxyl groups is 1. The number of ketones is 1. The summed E-state index contributed by atoms with van der Waals surface area (Å²) >= 11 is 0. The zero-order chi connectivity index (χ0) is 28.1. The number of nitrogens with zero attached hydrogens (tertiary/aromatic N) is 2. The van der Waals surface area contributed by atoms with E-state index in [1.165, 1.54) is 4.90 Å². The predicted octanol–water partition coefficient (Wildman–Crippen LogP) is 6.50. The van der Waals surface area contributed by atoms with Crippen LogP contribution in [-0.4, -0.2) is 30.0 Å². The Kier molecular flexibility index (Phi) is 8.36. The van der Waals surface area contributed by atoms with Gasteiger partial charge in [0.05, 0.1) is 36.5 Å². The van der Waals surface area contributed by atoms with Crippen molar-refractivity contribution in [1.82, 2.24) is 0 Å². The maximum Gasteiger partial charge on any atom is 0.300 e. The third kappa shape index (κ3) is 5.51. The molecule has 1 N–H and O–H groups in total. The van der Waals surface area contributed by atoms with E-state index in [2.05, 4.69) is 6.07 Å². The minimum absolute atomic E-state index is 0.00884. The lowest BCUT2D eigenvalue weighted by Crippen LogP contribution is -2.29. The van der Waals surface area contributed by atoms with Gasteiger partial charge in [0.15, 0.2) is 0 Å². The highest BCUT2D eigenvalue weighted by Gasteiger charge is 2.47. The Hall–Kier alpha value is -4.57. The van der Waals surface area contributed by atoms with Crippen LogP contribution in [0.1, 0.15) is 68.3 Å². The lowest BCUT2D eigenvalue weighted by molar-refractivity contribution is -0.132. The number of anilines is 1. The number of amides is 1. The minimum atomic E-state index is -0.882. The number of rotatable bonds is 9. The first kappa shape index (κ1) is 27.5. The lowest BCUT2D eigenvalue weighted by Gasteiger charge is -2.26. The van der Waals surface area contributed by atoms with Crippen LogP contribution < -0.4 is 14.4 Å². The Morgan fingerprint density at radius 2 is 1.69 bits per heavy atom. The van der Waals surface area contributed by atoms with Gasteiger partial charge in [-0.25, -0.2) is 0 Å². The first-order chi connectivity index (χ1) is 18.8. The quantitative estimate of drug-likeness (QED) is 0.195. The van der Waals surface area contributed by atoms with Crippen LogP contribution in [0.5, 0.6) is 11.5 Å². The molecule has 0 radical (unpaired) electrons. The van der Waals surface area contributed by atoms with Gasteiger partial charge in [0.1, 0.15) is 17.3 Å². The first-order valence-corrected chi connectivity index (χ1v) is 13.1. The third-order valence-electron chi connectivity index (χ3n) is 6.59. The van der Waals surface area contributed by atoms with Crippen LogP contribution in [0.15, 0.2) is 72.3 Å². The standard InChI is InChI=1S/C32H32N2O5/c1-5-17-39-25-14-9-22(10-15-25)29-28(30(35)23-11-16-27(38-6-2)26(18-23)20(3)4)31(36)32(37)34(29)24-12-7-21(19-33)8-13-24/h7-16,18,20,29,35H,5-6,17H2,1-4H3/b30-28-. The summed E-state index contributed by atoms with van der Waals surface area (Å²) < 4.78 is 11.5. The van der Waals surface area contributed by atoms with Crippen LogP contribution in [0.3, 0.4) is 0 Å². The van der Waals surface area contributed by atoms with Crippen LogP contribution >= 0.6 is 0 Å². The molecule has 3 aromatic rings. The zero-order valence-electron chi connectivity index (χ0n) is 22.6. The Bertz CT molecular complexity index is 1430. The van der Waals surface area contributed by atoms with E-state index in [1.54, 1.807) is 66.7 Å². The molecule has 4 rings (SSSR count). The van der Waals surface area contributed by atoms with Crippen molar-refractivity contribution in [3.63, 3.8) is 0 Å². The summed E-state index contributed by atoms with van der Waals surface area (Å²) in [5.74, 6) is -0.316. The summed E-state index contributed by atoms with van der Waals surface area (Å²) in [5, 5.41) is 20.8. The Labute approximate surface area is 228 Å². The molecule has 0 bridgehead atoms. The molecule has 1 unspecified atom stereocenters. The van der Waals surface area contributed by atoms with E-state index in [-0.39, 0.29) is 17.3 Å². The second-order valence-electron chi connectivity index (χ2n) is 9.59. The number of carbonyl (C=O) groups excluding carboxylic acids is 2. The van der Waals surface area contributed by atoms with Gasteiger partial charge in [0.2, 0.25) is 0 Å². The van der Waals surface area contributed by atoms with Gasteiger partial charge in [-0.15, -0.1) is 0 Å². The monoisotopic (exact) mass is 524 g/mol. The van der Waals surface area contributed by atoms with Crippen LogP contribution in [-0.2, 0) is 9.59 Å². The molecule has 7 heteroatoms. The number of hydrogen-bond acceptors (Lipinski definition) is 6. The molecule has 1 aliphatic rings. The van der Waals surface area contributed by atoms with E-state index in [0.717, 1.165) is 12.0 Å². The number of nitriles is 1. The van der Waals surface area contributed by atoms with Gasteiger partial charge in [-0.2, -0.15) is 5.26 Å². The van der Waals surface area contributed by atoms with Crippen molar-refractivity contribution in [2.24, 2.45) is 0 Å². The molecule has 1 atom stereocenters. The Morgan fingerprint density at radius 3 is 2.28 bits per heavy atom. The zero-order valence-corrected chi connectivity index (χ0v) is 22.6. The predicted molar refractivity (Wildman–Crippen MR) is 150 cm³/mol. The summed E-state index contributed by atoms with van der Waals surface area (Å²) in [4.78, 5) is 28.3. The fourth-order valence-electron chi connectivity index (χ4n) is 4.67. The summed E-state index contributed by atoms with van der Waals surface area (Å²) in [7, 11) is 0. The Morgan fingerprint density at radius 1 is 1.00 bits per heavy atom. The first-order valence-electron chi connectivity index (χ1n) is 13.1. The third-order valence-corrected chi connectivity index (χ3v) is 6.59. The fraction of sp³-hybridized carbons (Fsp3) is 0.281. The summed E-state index contributed by atoms with van der Waals surface area (Å²) in [6, 6.07) is 20.1. The van der Waals surface area contributed by atoms with Gasteiger partial charge in [-0.3, -0.25) is 14.5 Å². The number of aliphatic hydroxyl groups excluding tert-OH is 1. The molecule has 1 fully saturated rings. The van der Waals surface area contributed by atoms with Gasteiger partial charge >= 0.3 is 0 Å². The molecule has 3 aromatic carbocycles. The summed E-state index contributed by atoms with van der Waals surface area (Å²) in [6.45, 7) is 9.03. The molecule has 200 valence electrons. The SMILES string of the molecule is CCCOc1ccc(C2/C(=C(/O)c3ccc(OCC)c(C(C)C)c3)C(=O)C(=O)N2c2ccc(C#N)cc2)cc1. The van der Waals surface area contributed by atoms with Crippen molar-refractivity contribution in [3.8, 4) is 17.6 Å². The molecule has 1 aliphatic heterocycles. The number of hydrogen-bond donors (Lipinski definition) is 1. The van der Waals surface area contributed by atoms with E-state index < -0.39 is 17.7 Å². The van der Waals surface area contributed by atoms with E-state index in [4.69, 9.17) is 9.47 Å². The van der Waals surface area contributed by atoms with Crippen LogP contribution in [0.2, 0.25) is 0 Å². The van der Waals surface area contributed by atoms with Crippen LogP contribution in [0.4, 0.5) is 5.69 Å². The van der Waals surface area contributed by atoms with Gasteiger partial charge in [-0.05, 0) is 85.0 Å². The van der Waals surface area contributed by atoms with Crippen molar-refractivity contribution in [2.45, 2.75) is 46.1 Å². The largest absolute Gasteiger partial charge is 0.507 e. The second-order valence-corrected chi connectivity index (χ2v) is 9.59. The average molecular weight is 525 g/mol. The van der Waals surface area contributed by atoms with Crippen molar-refractivity contribution in [2.75, 3.05) is 18.1 Å². The van der Waals surface area contributed by atoms with E-state index >= 15 is 0 Å². The summed E-state index contributed by atoms with van der Waals surface area (Å²) in [5.41, 5.74) is 2.81. The lowest BCUT2D eigenvalue weighted by atomic mass is 9.93. The average Bonchev–Trinajstić information content (AvgIpc) is 3.22. The highest BCUT2D eigenvalue weighted by atomic mass is 16.5. The van der Waals surface area contributed by atoms with E-state index in [9.17, 15) is 20.0 Å². The molecule has 1 saturated heterocycles. The molecule has 1 heterocycles. The van der Waals surface area contributed by atoms with Crippen molar-refractivity contribution in [3.05, 3.63) is 94.6 Å². The number of benzene rings is 3. The molecule has 0 aliphatic carbocycles. The van der Waals surface area contributed by atoms with Crippen molar-refractivity contribution >= 4 is 23.1 Å². The molecule has 1 amide bonds. The number of carbonyl (C=O) groups is 2. The highest BCUT2D eigenvalue weighted by molar-refractivity contribution is 6.51.